The molecule has 0 aromatic carbocycles. The molecule has 0 N–H and O–H groups in total. The molecule has 2 aliphatic carbocycles. The quantitative estimate of drug-likeness (QED) is 0.496. The average molecular weight is 272 g/mol. The lowest BCUT2D eigenvalue weighted by atomic mass is 9.86. The lowest BCUT2D eigenvalue weighted by molar-refractivity contribution is 0.540. The molecule has 0 heteroatoms. The zero-order chi connectivity index (χ0) is 15.1. The Balaban J connectivity index is 0.000000200. The molecule has 0 bridgehead atoms. The molecule has 0 aromatic heterocycles. The van der Waals surface area contributed by atoms with E-state index in [2.05, 4.69) is 53.0 Å². The molecule has 0 radical (unpaired) electrons. The van der Waals surface area contributed by atoms with Crippen LogP contribution in [0.1, 0.15) is 66.2 Å². The number of allylic oxidation sites excluding steroid dienone is 6. The number of hydrogen-bond donors (Lipinski definition) is 0. The standard InChI is InChI=1S/2C10H16/c2*1-8(2)10-6-4-9(3)5-7-10/h2*4,10H,1,5-7H2,2-3H3. The fourth-order valence-corrected chi connectivity index (χ4v) is 2.83. The van der Waals surface area contributed by atoms with Crippen LogP contribution in [0.5, 0.6) is 0 Å². The maximum Gasteiger partial charge on any atom is -0.0171 e. The molecule has 0 saturated carbocycles. The van der Waals surface area contributed by atoms with Gasteiger partial charge in [-0.25, -0.2) is 0 Å². The van der Waals surface area contributed by atoms with E-state index >= 15 is 0 Å². The maximum atomic E-state index is 3.97. The molecule has 0 spiro atoms. The van der Waals surface area contributed by atoms with E-state index in [1.54, 1.807) is 11.1 Å². The van der Waals surface area contributed by atoms with Crippen molar-refractivity contribution in [3.8, 4) is 0 Å². The van der Waals surface area contributed by atoms with Gasteiger partial charge < -0.3 is 0 Å². The normalized spacial score (nSPS) is 25.8. The summed E-state index contributed by atoms with van der Waals surface area (Å²) in [5.41, 5.74) is 5.81. The predicted molar refractivity (Wildman–Crippen MR) is 91.8 cm³/mol. The summed E-state index contributed by atoms with van der Waals surface area (Å²) >= 11 is 0. The topological polar surface area (TPSA) is 0 Å². The van der Waals surface area contributed by atoms with Gasteiger partial charge in [0, 0.05) is 0 Å². The molecule has 112 valence electrons. The monoisotopic (exact) mass is 272 g/mol. The molecule has 0 saturated heterocycles. The molecule has 2 unspecified atom stereocenters. The Morgan fingerprint density at radius 2 is 1.20 bits per heavy atom. The second-order valence-corrected chi connectivity index (χ2v) is 6.74. The third-order valence-corrected chi connectivity index (χ3v) is 4.67. The molecular formula is C20H32. The van der Waals surface area contributed by atoms with E-state index < -0.39 is 0 Å². The van der Waals surface area contributed by atoms with Gasteiger partial charge in [-0.15, -0.1) is 0 Å². The van der Waals surface area contributed by atoms with Crippen LogP contribution in [0.4, 0.5) is 0 Å². The van der Waals surface area contributed by atoms with Crippen LogP contribution >= 0.6 is 0 Å². The highest BCUT2D eigenvalue weighted by atomic mass is 14.2. The number of rotatable bonds is 2. The summed E-state index contributed by atoms with van der Waals surface area (Å²) in [4.78, 5) is 0. The van der Waals surface area contributed by atoms with Gasteiger partial charge in [0.05, 0.1) is 0 Å². The number of hydrogen-bond acceptors (Lipinski definition) is 0. The summed E-state index contributed by atoms with van der Waals surface area (Å²) in [5, 5.41) is 0. The molecule has 0 aliphatic heterocycles. The minimum atomic E-state index is 0.767. The Labute approximate surface area is 126 Å². The third kappa shape index (κ3) is 5.94. The van der Waals surface area contributed by atoms with Crippen LogP contribution in [0.25, 0.3) is 0 Å². The van der Waals surface area contributed by atoms with Crippen molar-refractivity contribution in [3.63, 3.8) is 0 Å². The molecule has 0 aromatic rings. The summed E-state index contributed by atoms with van der Waals surface area (Å²) in [5.74, 6) is 1.53. The van der Waals surface area contributed by atoms with Crippen LogP contribution < -0.4 is 0 Å². The molecule has 2 aliphatic rings. The SMILES string of the molecule is C=C(C)C1CC=C(C)CC1.C=C(C)C1CC=C(C)CC1. The van der Waals surface area contributed by atoms with Gasteiger partial charge in [-0.2, -0.15) is 0 Å². The van der Waals surface area contributed by atoms with Crippen LogP contribution in [0.15, 0.2) is 47.6 Å². The lowest BCUT2D eigenvalue weighted by Crippen LogP contribution is -2.04. The van der Waals surface area contributed by atoms with Crippen LogP contribution in [0.3, 0.4) is 0 Å². The van der Waals surface area contributed by atoms with E-state index in [0.29, 0.717) is 0 Å². The van der Waals surface area contributed by atoms with Crippen LogP contribution in [-0.2, 0) is 0 Å². The zero-order valence-electron chi connectivity index (χ0n) is 14.0. The van der Waals surface area contributed by atoms with Crippen molar-refractivity contribution in [1.82, 2.24) is 0 Å². The van der Waals surface area contributed by atoms with E-state index in [1.807, 2.05) is 0 Å². The van der Waals surface area contributed by atoms with Gasteiger partial charge in [0.25, 0.3) is 0 Å². The van der Waals surface area contributed by atoms with Crippen molar-refractivity contribution in [3.05, 3.63) is 47.6 Å². The third-order valence-electron chi connectivity index (χ3n) is 4.67. The molecule has 0 nitrogen and oxygen atoms in total. The predicted octanol–water partition coefficient (Wildman–Crippen LogP) is 6.62. The Hall–Kier alpha value is -1.04. The minimum absolute atomic E-state index is 0.767. The highest BCUT2D eigenvalue weighted by Crippen LogP contribution is 2.28. The molecule has 20 heavy (non-hydrogen) atoms. The van der Waals surface area contributed by atoms with Crippen LogP contribution in [0, 0.1) is 11.8 Å². The minimum Gasteiger partial charge on any atom is -0.0998 e. The molecule has 0 amide bonds. The zero-order valence-corrected chi connectivity index (χ0v) is 14.0. The first-order valence-corrected chi connectivity index (χ1v) is 8.02. The van der Waals surface area contributed by atoms with Crippen molar-refractivity contribution in [2.75, 3.05) is 0 Å². The fraction of sp³-hybridized carbons (Fsp3) is 0.600. The molecule has 2 rings (SSSR count). The van der Waals surface area contributed by atoms with Crippen LogP contribution in [0.2, 0.25) is 0 Å². The lowest BCUT2D eigenvalue weighted by Gasteiger charge is -2.19. The smallest absolute Gasteiger partial charge is 0.0171 e. The van der Waals surface area contributed by atoms with E-state index in [4.69, 9.17) is 0 Å². The van der Waals surface area contributed by atoms with Crippen molar-refractivity contribution in [2.24, 2.45) is 11.8 Å². The first kappa shape index (κ1) is 17.0. The Morgan fingerprint density at radius 1 is 0.850 bits per heavy atom. The van der Waals surface area contributed by atoms with E-state index in [9.17, 15) is 0 Å². The Morgan fingerprint density at radius 3 is 1.40 bits per heavy atom. The van der Waals surface area contributed by atoms with Gasteiger partial charge in [-0.3, -0.25) is 0 Å². The molecule has 2 atom stereocenters. The van der Waals surface area contributed by atoms with Crippen molar-refractivity contribution in [2.45, 2.75) is 66.2 Å². The van der Waals surface area contributed by atoms with Crippen LogP contribution in [-0.4, -0.2) is 0 Å². The van der Waals surface area contributed by atoms with Gasteiger partial charge >= 0.3 is 0 Å². The summed E-state index contributed by atoms with van der Waals surface area (Å²) in [6, 6.07) is 0. The van der Waals surface area contributed by atoms with Crippen molar-refractivity contribution in [1.29, 1.82) is 0 Å². The summed E-state index contributed by atoms with van der Waals surface area (Å²) < 4.78 is 0. The fourth-order valence-electron chi connectivity index (χ4n) is 2.83. The van der Waals surface area contributed by atoms with Gasteiger partial charge in [0.1, 0.15) is 0 Å². The van der Waals surface area contributed by atoms with Gasteiger partial charge in [0.15, 0.2) is 0 Å². The molecular weight excluding hydrogens is 240 g/mol. The Bertz CT molecular complexity index is 366. The molecule has 0 fully saturated rings. The highest BCUT2D eigenvalue weighted by molar-refractivity contribution is 5.10. The summed E-state index contributed by atoms with van der Waals surface area (Å²) in [7, 11) is 0. The maximum absolute atomic E-state index is 3.97. The van der Waals surface area contributed by atoms with E-state index in [-0.39, 0.29) is 0 Å². The highest BCUT2D eigenvalue weighted by Gasteiger charge is 2.12. The van der Waals surface area contributed by atoms with Gasteiger partial charge in [0.2, 0.25) is 0 Å². The largest absolute Gasteiger partial charge is 0.0998 e. The summed E-state index contributed by atoms with van der Waals surface area (Å²) in [6.45, 7) is 16.7. The second kappa shape index (κ2) is 8.29. The molecule has 0 heterocycles. The van der Waals surface area contributed by atoms with Crippen molar-refractivity contribution < 1.29 is 0 Å². The average Bonchev–Trinajstić information content (AvgIpc) is 2.40. The Kier molecular flexibility index (Phi) is 7.05. The van der Waals surface area contributed by atoms with Gasteiger partial charge in [-0.1, -0.05) is 47.6 Å². The van der Waals surface area contributed by atoms with Gasteiger partial charge in [-0.05, 0) is 78.1 Å². The first-order chi connectivity index (χ1) is 9.40. The second-order valence-electron chi connectivity index (χ2n) is 6.74. The summed E-state index contributed by atoms with van der Waals surface area (Å²) in [6.07, 6.45) is 12.3. The van der Waals surface area contributed by atoms with E-state index in [0.717, 1.165) is 11.8 Å². The first-order valence-electron chi connectivity index (χ1n) is 8.02. The van der Waals surface area contributed by atoms with Crippen molar-refractivity contribution >= 4 is 0 Å². The van der Waals surface area contributed by atoms with E-state index in [1.165, 1.54) is 49.7 Å².